The number of carbonyl (C=O) groups is 1. The van der Waals surface area contributed by atoms with Gasteiger partial charge in [-0.25, -0.2) is 4.79 Å². The highest BCUT2D eigenvalue weighted by Gasteiger charge is 2.37. The number of piperidine rings is 1. The summed E-state index contributed by atoms with van der Waals surface area (Å²) in [6.07, 6.45) is 1.88. The molecule has 2 heterocycles. The average Bonchev–Trinajstić information content (AvgIpc) is 2.57. The highest BCUT2D eigenvalue weighted by Crippen LogP contribution is 2.34. The first-order valence-electron chi connectivity index (χ1n) is 7.65. The molecule has 0 radical (unpaired) electrons. The standard InChI is InChI=1S/C17H20N4O/c1-12-11-20-17(22)21(15-5-7-19-8-6-15)16(12)14-4-2-3-13(9-14)10-18/h2-4,9,15-16,19H,1,5-8,11H2,(H,20,22). The van der Waals surface area contributed by atoms with Crippen LogP contribution in [0.3, 0.4) is 0 Å². The average molecular weight is 296 g/mol. The summed E-state index contributed by atoms with van der Waals surface area (Å²) in [7, 11) is 0. The number of urea groups is 1. The molecule has 2 amide bonds. The monoisotopic (exact) mass is 296 g/mol. The van der Waals surface area contributed by atoms with E-state index in [-0.39, 0.29) is 18.1 Å². The maximum Gasteiger partial charge on any atom is 0.318 e. The minimum atomic E-state index is -0.148. The van der Waals surface area contributed by atoms with Crippen LogP contribution in [0.4, 0.5) is 4.79 Å². The minimum Gasteiger partial charge on any atom is -0.334 e. The Kier molecular flexibility index (Phi) is 4.12. The zero-order valence-electron chi connectivity index (χ0n) is 12.5. The number of hydrogen-bond donors (Lipinski definition) is 2. The van der Waals surface area contributed by atoms with Gasteiger partial charge in [-0.3, -0.25) is 0 Å². The summed E-state index contributed by atoms with van der Waals surface area (Å²) in [4.78, 5) is 14.4. The van der Waals surface area contributed by atoms with Gasteiger partial charge >= 0.3 is 6.03 Å². The number of amides is 2. The van der Waals surface area contributed by atoms with Gasteiger partial charge < -0.3 is 15.5 Å². The lowest BCUT2D eigenvalue weighted by atomic mass is 9.92. The van der Waals surface area contributed by atoms with Crippen molar-refractivity contribution < 1.29 is 4.79 Å². The fourth-order valence-electron chi connectivity index (χ4n) is 3.33. The minimum absolute atomic E-state index is 0.0355. The largest absolute Gasteiger partial charge is 0.334 e. The van der Waals surface area contributed by atoms with Crippen LogP contribution in [0.2, 0.25) is 0 Å². The lowest BCUT2D eigenvalue weighted by molar-refractivity contribution is 0.127. The predicted molar refractivity (Wildman–Crippen MR) is 84.2 cm³/mol. The van der Waals surface area contributed by atoms with Gasteiger partial charge in [0, 0.05) is 12.6 Å². The Labute approximate surface area is 130 Å². The first-order valence-corrected chi connectivity index (χ1v) is 7.65. The van der Waals surface area contributed by atoms with Gasteiger partial charge in [-0.15, -0.1) is 0 Å². The molecule has 0 saturated carbocycles. The first kappa shape index (κ1) is 14.6. The molecule has 0 aromatic heterocycles. The Bertz CT molecular complexity index is 628. The van der Waals surface area contributed by atoms with E-state index >= 15 is 0 Å². The summed E-state index contributed by atoms with van der Waals surface area (Å²) in [6.45, 7) is 6.48. The Morgan fingerprint density at radius 1 is 1.32 bits per heavy atom. The molecule has 2 fully saturated rings. The summed E-state index contributed by atoms with van der Waals surface area (Å²) in [5.74, 6) is 0. The number of hydrogen-bond acceptors (Lipinski definition) is 3. The van der Waals surface area contributed by atoms with Crippen LogP contribution in [0.15, 0.2) is 36.4 Å². The van der Waals surface area contributed by atoms with E-state index in [0.29, 0.717) is 12.1 Å². The highest BCUT2D eigenvalue weighted by molar-refractivity contribution is 5.77. The number of nitrogens with zero attached hydrogens (tertiary/aromatic N) is 2. The molecular weight excluding hydrogens is 276 g/mol. The van der Waals surface area contributed by atoms with Gasteiger partial charge in [0.2, 0.25) is 0 Å². The molecule has 1 aromatic rings. The third-order valence-electron chi connectivity index (χ3n) is 4.40. The Balaban J connectivity index is 1.97. The van der Waals surface area contributed by atoms with Crippen LogP contribution in [-0.2, 0) is 0 Å². The predicted octanol–water partition coefficient (Wildman–Crippen LogP) is 1.93. The van der Waals surface area contributed by atoms with Crippen molar-refractivity contribution in [2.75, 3.05) is 19.6 Å². The second-order valence-corrected chi connectivity index (χ2v) is 5.85. The van der Waals surface area contributed by atoms with Gasteiger partial charge in [0.05, 0.1) is 17.7 Å². The van der Waals surface area contributed by atoms with Crippen molar-refractivity contribution in [1.82, 2.24) is 15.5 Å². The lowest BCUT2D eigenvalue weighted by Crippen LogP contribution is -2.55. The Morgan fingerprint density at radius 3 is 2.82 bits per heavy atom. The molecular formula is C17H20N4O. The van der Waals surface area contributed by atoms with E-state index < -0.39 is 0 Å². The van der Waals surface area contributed by atoms with Crippen molar-refractivity contribution in [3.8, 4) is 6.07 Å². The molecule has 2 saturated heterocycles. The van der Waals surface area contributed by atoms with E-state index in [0.717, 1.165) is 37.1 Å². The number of benzene rings is 1. The van der Waals surface area contributed by atoms with Gasteiger partial charge in [0.25, 0.3) is 0 Å². The van der Waals surface area contributed by atoms with Gasteiger partial charge in [0.1, 0.15) is 0 Å². The van der Waals surface area contributed by atoms with E-state index in [1.165, 1.54) is 0 Å². The molecule has 1 atom stereocenters. The molecule has 0 spiro atoms. The van der Waals surface area contributed by atoms with E-state index in [4.69, 9.17) is 5.26 Å². The molecule has 2 N–H and O–H groups in total. The van der Waals surface area contributed by atoms with Crippen molar-refractivity contribution >= 4 is 6.03 Å². The van der Waals surface area contributed by atoms with E-state index in [1.54, 1.807) is 6.07 Å². The molecule has 2 aliphatic heterocycles. The summed E-state index contributed by atoms with van der Waals surface area (Å²) >= 11 is 0. The Morgan fingerprint density at radius 2 is 2.09 bits per heavy atom. The topological polar surface area (TPSA) is 68.2 Å². The summed E-state index contributed by atoms with van der Waals surface area (Å²) in [6, 6.07) is 9.68. The normalized spacial score (nSPS) is 23.0. The molecule has 0 aliphatic carbocycles. The third-order valence-corrected chi connectivity index (χ3v) is 4.40. The molecule has 1 unspecified atom stereocenters. The second-order valence-electron chi connectivity index (χ2n) is 5.85. The van der Waals surface area contributed by atoms with Crippen molar-refractivity contribution in [3.05, 3.63) is 47.5 Å². The Hall–Kier alpha value is -2.32. The quantitative estimate of drug-likeness (QED) is 0.819. The zero-order valence-corrected chi connectivity index (χ0v) is 12.5. The van der Waals surface area contributed by atoms with Gasteiger partial charge in [-0.1, -0.05) is 18.7 Å². The third kappa shape index (κ3) is 2.70. The maximum atomic E-state index is 12.5. The lowest BCUT2D eigenvalue weighted by Gasteiger charge is -2.44. The first-order chi connectivity index (χ1) is 10.7. The fraction of sp³-hybridized carbons (Fsp3) is 0.412. The van der Waals surface area contributed by atoms with Crippen molar-refractivity contribution in [2.45, 2.75) is 24.9 Å². The van der Waals surface area contributed by atoms with Crippen molar-refractivity contribution in [1.29, 1.82) is 5.26 Å². The molecule has 2 aliphatic rings. The smallest absolute Gasteiger partial charge is 0.318 e. The summed E-state index contributed by atoms with van der Waals surface area (Å²) < 4.78 is 0. The summed E-state index contributed by atoms with van der Waals surface area (Å²) in [5, 5.41) is 15.4. The number of nitriles is 1. The van der Waals surface area contributed by atoms with Crippen LogP contribution in [0.1, 0.15) is 30.0 Å². The van der Waals surface area contributed by atoms with Gasteiger partial charge in [-0.2, -0.15) is 5.26 Å². The fourth-order valence-corrected chi connectivity index (χ4v) is 3.33. The van der Waals surface area contributed by atoms with E-state index in [2.05, 4.69) is 23.3 Å². The molecule has 22 heavy (non-hydrogen) atoms. The summed E-state index contributed by atoms with van der Waals surface area (Å²) in [5.41, 5.74) is 2.55. The van der Waals surface area contributed by atoms with Crippen LogP contribution < -0.4 is 10.6 Å². The van der Waals surface area contributed by atoms with Crippen molar-refractivity contribution in [3.63, 3.8) is 0 Å². The van der Waals surface area contributed by atoms with Crippen LogP contribution >= 0.6 is 0 Å². The van der Waals surface area contributed by atoms with Crippen LogP contribution in [0.25, 0.3) is 0 Å². The van der Waals surface area contributed by atoms with E-state index in [9.17, 15) is 4.79 Å². The molecule has 1 aromatic carbocycles. The van der Waals surface area contributed by atoms with Crippen LogP contribution in [0, 0.1) is 11.3 Å². The highest BCUT2D eigenvalue weighted by atomic mass is 16.2. The number of nitrogens with one attached hydrogen (secondary N) is 2. The molecule has 5 heteroatoms. The van der Waals surface area contributed by atoms with Gasteiger partial charge in [-0.05, 0) is 49.2 Å². The van der Waals surface area contributed by atoms with Gasteiger partial charge in [0.15, 0.2) is 0 Å². The maximum absolute atomic E-state index is 12.5. The second kappa shape index (κ2) is 6.20. The number of rotatable bonds is 2. The van der Waals surface area contributed by atoms with E-state index in [1.807, 2.05) is 23.1 Å². The SMILES string of the molecule is C=C1CNC(=O)N(C2CCNCC2)C1c1cccc(C#N)c1. The zero-order chi connectivity index (χ0) is 15.5. The number of carbonyl (C=O) groups excluding carboxylic acids is 1. The molecule has 3 rings (SSSR count). The van der Waals surface area contributed by atoms with Crippen molar-refractivity contribution in [2.24, 2.45) is 0 Å². The molecule has 0 bridgehead atoms. The van der Waals surface area contributed by atoms with Crippen LogP contribution in [-0.4, -0.2) is 36.6 Å². The van der Waals surface area contributed by atoms with Crippen LogP contribution in [0.5, 0.6) is 0 Å². The molecule has 114 valence electrons. The molecule has 5 nitrogen and oxygen atoms in total.